The van der Waals surface area contributed by atoms with Crippen molar-refractivity contribution < 1.29 is 18.9 Å². The molecule has 2 saturated carbocycles. The van der Waals surface area contributed by atoms with Gasteiger partial charge in [-0.2, -0.15) is 0 Å². The first kappa shape index (κ1) is 45.5. The summed E-state index contributed by atoms with van der Waals surface area (Å²) < 4.78 is 30.2. The van der Waals surface area contributed by atoms with Gasteiger partial charge in [-0.1, -0.05) is 35.9 Å². The van der Waals surface area contributed by atoms with E-state index in [4.69, 9.17) is 42.0 Å². The predicted molar refractivity (Wildman–Crippen MR) is 270 cm³/mol. The average Bonchev–Trinajstić information content (AvgIpc) is 4.17. The van der Waals surface area contributed by atoms with Crippen LogP contribution in [0.4, 0.5) is 17.5 Å². The van der Waals surface area contributed by atoms with Crippen molar-refractivity contribution in [3.63, 3.8) is 0 Å². The number of ether oxygens (including phenoxy) is 4. The van der Waals surface area contributed by atoms with Crippen molar-refractivity contribution in [2.45, 2.75) is 128 Å². The van der Waals surface area contributed by atoms with Crippen molar-refractivity contribution in [3.05, 3.63) is 113 Å². The number of fused-ring (bicyclic) bond motifs is 6. The Labute approximate surface area is 406 Å². The highest BCUT2D eigenvalue weighted by molar-refractivity contribution is 6.33. The van der Waals surface area contributed by atoms with Crippen LogP contribution in [-0.2, 0) is 31.8 Å². The van der Waals surface area contributed by atoms with E-state index in [1.165, 1.54) is 17.5 Å². The maximum Gasteiger partial charge on any atom is 0.163 e. The normalized spacial score (nSPS) is 25.6. The number of hydrogen-bond acceptors (Lipinski definition) is 13. The number of nitrogen functional groups attached to an aromatic ring is 2. The lowest BCUT2D eigenvalue weighted by molar-refractivity contribution is -0.160. The molecule has 2 aromatic carbocycles. The minimum Gasteiger partial charge on any atom is -0.383 e. The quantitative estimate of drug-likeness (QED) is 0.116. The van der Waals surface area contributed by atoms with Gasteiger partial charge < -0.3 is 44.9 Å². The summed E-state index contributed by atoms with van der Waals surface area (Å²) in [4.78, 5) is 26.8. The van der Waals surface area contributed by atoms with Crippen molar-refractivity contribution in [2.24, 2.45) is 11.8 Å². The Morgan fingerprint density at radius 3 is 1.59 bits per heavy atom. The molecule has 0 bridgehead atoms. The van der Waals surface area contributed by atoms with Crippen LogP contribution in [0.5, 0.6) is 0 Å². The van der Waals surface area contributed by atoms with Gasteiger partial charge >= 0.3 is 0 Å². The third-order valence-electron chi connectivity index (χ3n) is 14.9. The average molecular weight is 951 g/mol. The molecule has 0 spiro atoms. The van der Waals surface area contributed by atoms with Crippen LogP contribution in [0, 0.1) is 25.7 Å². The molecule has 358 valence electrons. The van der Waals surface area contributed by atoms with E-state index in [1.807, 2.05) is 60.9 Å². The van der Waals surface area contributed by atoms with Gasteiger partial charge in [0.05, 0.1) is 46.1 Å². The third-order valence-corrected chi connectivity index (χ3v) is 15.2. The molecule has 0 radical (unpaired) electrons. The molecule has 5 N–H and O–H groups in total. The SMILES string of the molecule is CNc1ncnc2c1ccn2[C@@H]1C[C@H](CCc2ccc3cc(C)c(N)nc3c2)[C@H]2OC(C)(C)O[C@H]21.Cc1cc2ccc(CC[C@H]3C[C@@H](n4ccc5c(Cl)ncnc54)[C@@H]4OC(C)(C)O[C@H]34)cc2nc1N. The van der Waals surface area contributed by atoms with Gasteiger partial charge in [0.15, 0.2) is 11.6 Å². The smallest absolute Gasteiger partial charge is 0.163 e. The first-order valence-corrected chi connectivity index (χ1v) is 24.5. The first-order valence-electron chi connectivity index (χ1n) is 24.1. The molecular weight excluding hydrogens is 890 g/mol. The largest absolute Gasteiger partial charge is 0.383 e. The number of pyridine rings is 2. The van der Waals surface area contributed by atoms with Crippen LogP contribution in [0.15, 0.2) is 85.7 Å². The van der Waals surface area contributed by atoms with E-state index in [-0.39, 0.29) is 36.5 Å². The van der Waals surface area contributed by atoms with Crippen molar-refractivity contribution >= 4 is 72.9 Å². The summed E-state index contributed by atoms with van der Waals surface area (Å²) in [6, 6.07) is 21.5. The summed E-state index contributed by atoms with van der Waals surface area (Å²) in [6.07, 6.45) is 13.2. The molecule has 4 aliphatic rings. The monoisotopic (exact) mass is 949 g/mol. The second kappa shape index (κ2) is 17.5. The fourth-order valence-electron chi connectivity index (χ4n) is 11.6. The molecule has 0 amide bonds. The second-order valence-electron chi connectivity index (χ2n) is 20.3. The van der Waals surface area contributed by atoms with Gasteiger partial charge in [-0.05, 0) is 151 Å². The second-order valence-corrected chi connectivity index (χ2v) is 20.7. The topological polar surface area (TPSA) is 188 Å². The van der Waals surface area contributed by atoms with E-state index in [2.05, 4.69) is 105 Å². The lowest BCUT2D eigenvalue weighted by Gasteiger charge is -2.24. The molecule has 2 aliphatic heterocycles. The summed E-state index contributed by atoms with van der Waals surface area (Å²) in [7, 11) is 1.88. The zero-order chi connectivity index (χ0) is 47.9. The maximum absolute atomic E-state index is 6.45. The number of benzene rings is 2. The van der Waals surface area contributed by atoms with E-state index in [1.54, 1.807) is 6.33 Å². The highest BCUT2D eigenvalue weighted by Gasteiger charge is 2.55. The van der Waals surface area contributed by atoms with E-state index in [0.717, 1.165) is 99.3 Å². The van der Waals surface area contributed by atoms with Crippen molar-refractivity contribution in [2.75, 3.05) is 23.8 Å². The van der Waals surface area contributed by atoms with E-state index >= 15 is 0 Å². The fraction of sp³-hybridized carbons (Fsp3) is 0.434. The zero-order valence-electron chi connectivity index (χ0n) is 40.2. The highest BCUT2D eigenvalue weighted by Crippen LogP contribution is 2.51. The molecule has 69 heavy (non-hydrogen) atoms. The molecular formula is C53H60ClN11O4. The molecule has 8 aromatic rings. The highest BCUT2D eigenvalue weighted by atomic mass is 35.5. The third kappa shape index (κ3) is 8.51. The summed E-state index contributed by atoms with van der Waals surface area (Å²) in [5.74, 6) is 1.56. The summed E-state index contributed by atoms with van der Waals surface area (Å²) in [5, 5.41) is 7.76. The van der Waals surface area contributed by atoms with E-state index < -0.39 is 11.6 Å². The Morgan fingerprint density at radius 1 is 0.623 bits per heavy atom. The first-order chi connectivity index (χ1) is 33.1. The minimum absolute atomic E-state index is 0.0142. The number of aryl methyl sites for hydroxylation is 4. The van der Waals surface area contributed by atoms with E-state index in [0.29, 0.717) is 28.6 Å². The lowest BCUT2D eigenvalue weighted by atomic mass is 9.95. The molecule has 8 atom stereocenters. The summed E-state index contributed by atoms with van der Waals surface area (Å²) in [5.41, 5.74) is 20.3. The minimum atomic E-state index is -0.607. The molecule has 15 nitrogen and oxygen atoms in total. The number of halogens is 1. The number of nitrogens with zero attached hydrogens (tertiary/aromatic N) is 8. The molecule has 2 saturated heterocycles. The number of anilines is 3. The lowest BCUT2D eigenvalue weighted by Crippen LogP contribution is -2.27. The molecule has 2 aliphatic carbocycles. The van der Waals surface area contributed by atoms with Gasteiger partial charge in [-0.25, -0.2) is 29.9 Å². The van der Waals surface area contributed by atoms with Gasteiger partial charge in [-0.3, -0.25) is 0 Å². The molecule has 0 unspecified atom stereocenters. The van der Waals surface area contributed by atoms with Crippen molar-refractivity contribution in [1.82, 2.24) is 39.0 Å². The van der Waals surface area contributed by atoms with Crippen LogP contribution in [0.25, 0.3) is 43.9 Å². The molecule has 16 heteroatoms. The maximum atomic E-state index is 6.45. The Kier molecular flexibility index (Phi) is 11.5. The van der Waals surface area contributed by atoms with Crippen LogP contribution >= 0.6 is 11.6 Å². The molecule has 8 heterocycles. The number of nitrogens with one attached hydrogen (secondary N) is 1. The van der Waals surface area contributed by atoms with Gasteiger partial charge in [-0.15, -0.1) is 0 Å². The van der Waals surface area contributed by atoms with Crippen molar-refractivity contribution in [1.29, 1.82) is 0 Å². The van der Waals surface area contributed by atoms with Gasteiger partial charge in [0.2, 0.25) is 0 Å². The van der Waals surface area contributed by atoms with Gasteiger partial charge in [0.1, 0.15) is 58.8 Å². The zero-order valence-corrected chi connectivity index (χ0v) is 40.9. The number of hydrogen-bond donors (Lipinski definition) is 3. The molecule has 6 aromatic heterocycles. The van der Waals surface area contributed by atoms with Crippen LogP contribution < -0.4 is 16.8 Å². The Bertz CT molecular complexity index is 3240. The molecule has 4 fully saturated rings. The number of aromatic nitrogens is 8. The van der Waals surface area contributed by atoms with Gasteiger partial charge in [0.25, 0.3) is 0 Å². The van der Waals surface area contributed by atoms with Crippen LogP contribution in [0.2, 0.25) is 5.15 Å². The molecule has 12 rings (SSSR count). The summed E-state index contributed by atoms with van der Waals surface area (Å²) in [6.45, 7) is 12.0. The van der Waals surface area contributed by atoms with Crippen LogP contribution in [-0.4, -0.2) is 82.1 Å². The Balaban J connectivity index is 0.000000151. The van der Waals surface area contributed by atoms with E-state index in [9.17, 15) is 0 Å². The Morgan fingerprint density at radius 2 is 1.09 bits per heavy atom. The fourth-order valence-corrected chi connectivity index (χ4v) is 11.7. The van der Waals surface area contributed by atoms with Crippen LogP contribution in [0.3, 0.4) is 0 Å². The Hall–Kier alpha value is -5.97. The van der Waals surface area contributed by atoms with Gasteiger partial charge in [0, 0.05) is 30.2 Å². The number of nitrogens with two attached hydrogens (primary N) is 2. The predicted octanol–water partition coefficient (Wildman–Crippen LogP) is 9.86. The number of rotatable bonds is 9. The standard InChI is InChI=1S/C27H32N6O2.C26H28ClN5O2/c1-15-11-17-7-5-16(12-20(17)32-24(15)28)6-8-18-13-21(23-22(18)34-27(2,3)35-23)33-10-9-19-25(29-4)30-14-31-26(19)33;1-14-10-16-6-4-15(11-19(16)31-24(14)28)5-7-17-12-20(22-21(17)33-26(2,3)34-22)32-9-8-18-23(27)29-13-30-25(18)32/h5,7,9-12,14,18,21-23H,6,8,13H2,1-4H3,(H2,28,32)(H,29,30,31);4,6,8-11,13,17,20-22H,5,7,12H2,1-3H3,(H2,28,31)/t18-,21+,22+,23-;17-,20+,21+,22-/m00/s1. The summed E-state index contributed by atoms with van der Waals surface area (Å²) >= 11 is 6.31. The van der Waals surface area contributed by atoms with Crippen LogP contribution in [0.1, 0.15) is 87.7 Å². The van der Waals surface area contributed by atoms with Crippen molar-refractivity contribution in [3.8, 4) is 0 Å².